The van der Waals surface area contributed by atoms with Gasteiger partial charge in [0.2, 0.25) is 10.0 Å². The van der Waals surface area contributed by atoms with Crippen molar-refractivity contribution >= 4 is 33.2 Å². The normalized spacial score (nSPS) is 13.1. The highest BCUT2D eigenvalue weighted by Crippen LogP contribution is 2.35. The number of hydrogen-bond acceptors (Lipinski definition) is 6. The van der Waals surface area contributed by atoms with E-state index in [1.807, 2.05) is 31.2 Å². The van der Waals surface area contributed by atoms with Crippen LogP contribution in [0.5, 0.6) is 11.5 Å². The standard InChI is InChI=1S/C30H35N3O6S/c1-4-32(5-2)40(36,37)26-14-11-23(12-15-26)30(35)31-24-13-16-28-27(20-24)33(29(34)21-39-28)17-6-7-18-38-25-10-8-9-22(3)19-25/h8-16,19-20H,4-7,17-18,21H2,1-3H3,(H,31,35). The molecule has 0 saturated heterocycles. The molecule has 0 radical (unpaired) electrons. The minimum atomic E-state index is -3.61. The lowest BCUT2D eigenvalue weighted by atomic mass is 10.1. The van der Waals surface area contributed by atoms with Crippen molar-refractivity contribution in [2.75, 3.05) is 43.1 Å². The number of carbonyl (C=O) groups excluding carboxylic acids is 2. The Hall–Kier alpha value is -3.89. The fourth-order valence-electron chi connectivity index (χ4n) is 4.49. The largest absolute Gasteiger partial charge is 0.494 e. The van der Waals surface area contributed by atoms with Crippen LogP contribution in [0.25, 0.3) is 0 Å². The highest BCUT2D eigenvalue weighted by Gasteiger charge is 2.26. The van der Waals surface area contributed by atoms with E-state index < -0.39 is 15.9 Å². The van der Waals surface area contributed by atoms with Crippen LogP contribution in [0.4, 0.5) is 11.4 Å². The molecule has 212 valence electrons. The van der Waals surface area contributed by atoms with Crippen LogP contribution in [0.1, 0.15) is 42.6 Å². The molecule has 0 bridgehead atoms. The van der Waals surface area contributed by atoms with Gasteiger partial charge >= 0.3 is 0 Å². The maximum Gasteiger partial charge on any atom is 0.265 e. The highest BCUT2D eigenvalue weighted by atomic mass is 32.2. The molecule has 3 aromatic carbocycles. The molecular formula is C30H35N3O6S. The lowest BCUT2D eigenvalue weighted by Gasteiger charge is -2.30. The summed E-state index contributed by atoms with van der Waals surface area (Å²) in [5.74, 6) is 0.850. The predicted octanol–water partition coefficient (Wildman–Crippen LogP) is 4.86. The van der Waals surface area contributed by atoms with Gasteiger partial charge in [0, 0.05) is 30.9 Å². The van der Waals surface area contributed by atoms with Crippen molar-refractivity contribution in [2.45, 2.75) is 38.5 Å². The van der Waals surface area contributed by atoms with E-state index in [2.05, 4.69) is 5.32 Å². The molecule has 3 aromatic rings. The molecule has 0 fully saturated rings. The third kappa shape index (κ3) is 6.81. The molecular weight excluding hydrogens is 530 g/mol. The van der Waals surface area contributed by atoms with Crippen LogP contribution in [0.2, 0.25) is 0 Å². The number of ether oxygens (including phenoxy) is 2. The molecule has 1 N–H and O–H groups in total. The van der Waals surface area contributed by atoms with E-state index in [9.17, 15) is 18.0 Å². The van der Waals surface area contributed by atoms with Gasteiger partial charge in [-0.2, -0.15) is 4.31 Å². The number of anilines is 2. The van der Waals surface area contributed by atoms with Crippen LogP contribution in [0, 0.1) is 6.92 Å². The van der Waals surface area contributed by atoms with E-state index >= 15 is 0 Å². The first-order chi connectivity index (χ1) is 19.2. The number of nitrogens with zero attached hydrogens (tertiary/aromatic N) is 2. The lowest BCUT2D eigenvalue weighted by Crippen LogP contribution is -2.39. The number of unbranched alkanes of at least 4 members (excludes halogenated alkanes) is 1. The Bertz CT molecular complexity index is 1450. The first-order valence-corrected chi connectivity index (χ1v) is 14.8. The number of nitrogens with one attached hydrogen (secondary N) is 1. The van der Waals surface area contributed by atoms with Gasteiger partial charge in [-0.25, -0.2) is 8.42 Å². The third-order valence-corrected chi connectivity index (χ3v) is 8.72. The second-order valence-electron chi connectivity index (χ2n) is 9.46. The van der Waals surface area contributed by atoms with Crippen molar-refractivity contribution in [1.82, 2.24) is 4.31 Å². The Morgan fingerprint density at radius 1 is 1.02 bits per heavy atom. The van der Waals surface area contributed by atoms with Crippen LogP contribution < -0.4 is 19.7 Å². The minimum Gasteiger partial charge on any atom is -0.494 e. The summed E-state index contributed by atoms with van der Waals surface area (Å²) in [7, 11) is -3.61. The molecule has 0 aromatic heterocycles. The quantitative estimate of drug-likeness (QED) is 0.315. The number of sulfonamides is 1. The van der Waals surface area contributed by atoms with E-state index in [1.165, 1.54) is 28.6 Å². The van der Waals surface area contributed by atoms with Gasteiger partial charge in [0.25, 0.3) is 11.8 Å². The van der Waals surface area contributed by atoms with Gasteiger partial charge in [0.15, 0.2) is 6.61 Å². The minimum absolute atomic E-state index is 0.0404. The highest BCUT2D eigenvalue weighted by molar-refractivity contribution is 7.89. The lowest BCUT2D eigenvalue weighted by molar-refractivity contribution is -0.121. The summed E-state index contributed by atoms with van der Waals surface area (Å²) in [6.45, 7) is 7.30. The topological polar surface area (TPSA) is 105 Å². The summed E-state index contributed by atoms with van der Waals surface area (Å²) in [6.07, 6.45) is 1.50. The first kappa shape index (κ1) is 29.1. The smallest absolute Gasteiger partial charge is 0.265 e. The van der Waals surface area contributed by atoms with Crippen LogP contribution in [0.15, 0.2) is 71.6 Å². The zero-order chi connectivity index (χ0) is 28.7. The van der Waals surface area contributed by atoms with Gasteiger partial charge in [0.05, 0.1) is 17.2 Å². The summed E-state index contributed by atoms with van der Waals surface area (Å²) in [6, 6.07) is 18.9. The van der Waals surface area contributed by atoms with Gasteiger partial charge in [-0.15, -0.1) is 0 Å². The number of amides is 2. The molecule has 40 heavy (non-hydrogen) atoms. The Balaban J connectivity index is 1.39. The van der Waals surface area contributed by atoms with E-state index in [0.29, 0.717) is 48.9 Å². The Morgan fingerprint density at radius 3 is 2.48 bits per heavy atom. The van der Waals surface area contributed by atoms with Crippen LogP contribution in [-0.2, 0) is 14.8 Å². The van der Waals surface area contributed by atoms with Crippen molar-refractivity contribution in [3.05, 3.63) is 77.9 Å². The third-order valence-electron chi connectivity index (χ3n) is 6.65. The van der Waals surface area contributed by atoms with E-state index in [4.69, 9.17) is 9.47 Å². The maximum atomic E-state index is 12.9. The number of hydrogen-bond donors (Lipinski definition) is 1. The summed E-state index contributed by atoms with van der Waals surface area (Å²) in [5, 5.41) is 2.83. The molecule has 1 heterocycles. The number of aryl methyl sites for hydroxylation is 1. The second-order valence-corrected chi connectivity index (χ2v) is 11.4. The Kier molecular flexibility index (Phi) is 9.44. The molecule has 1 aliphatic heterocycles. The van der Waals surface area contributed by atoms with Crippen LogP contribution >= 0.6 is 0 Å². The van der Waals surface area contributed by atoms with E-state index in [1.54, 1.807) is 36.9 Å². The summed E-state index contributed by atoms with van der Waals surface area (Å²) >= 11 is 0. The van der Waals surface area contributed by atoms with Crippen molar-refractivity contribution < 1.29 is 27.5 Å². The summed E-state index contributed by atoms with van der Waals surface area (Å²) in [5.41, 5.74) is 2.54. The van der Waals surface area contributed by atoms with Gasteiger partial charge < -0.3 is 19.7 Å². The fraction of sp³-hybridized carbons (Fsp3) is 0.333. The molecule has 2 amide bonds. The van der Waals surface area contributed by atoms with Crippen molar-refractivity contribution in [1.29, 1.82) is 0 Å². The second kappa shape index (κ2) is 13.0. The van der Waals surface area contributed by atoms with Crippen molar-refractivity contribution in [3.63, 3.8) is 0 Å². The summed E-state index contributed by atoms with van der Waals surface area (Å²) in [4.78, 5) is 27.4. The van der Waals surface area contributed by atoms with Gasteiger partial charge in [-0.05, 0) is 79.9 Å². The van der Waals surface area contributed by atoms with Crippen LogP contribution in [0.3, 0.4) is 0 Å². The Morgan fingerprint density at radius 2 is 1.77 bits per heavy atom. The molecule has 0 spiro atoms. The fourth-order valence-corrected chi connectivity index (χ4v) is 5.94. The van der Waals surface area contributed by atoms with E-state index in [0.717, 1.165) is 24.2 Å². The zero-order valence-corrected chi connectivity index (χ0v) is 23.9. The maximum absolute atomic E-state index is 12.9. The molecule has 0 saturated carbocycles. The molecule has 9 nitrogen and oxygen atoms in total. The van der Waals surface area contributed by atoms with Gasteiger partial charge in [-0.3, -0.25) is 9.59 Å². The van der Waals surface area contributed by atoms with Gasteiger partial charge in [0.1, 0.15) is 11.5 Å². The molecule has 1 aliphatic rings. The molecule has 4 rings (SSSR count). The predicted molar refractivity (Wildman–Crippen MR) is 155 cm³/mol. The SMILES string of the molecule is CCN(CC)S(=O)(=O)c1ccc(C(=O)Nc2ccc3c(c2)N(CCCCOc2cccc(C)c2)C(=O)CO3)cc1. The van der Waals surface area contributed by atoms with Crippen molar-refractivity contribution in [3.8, 4) is 11.5 Å². The first-order valence-electron chi connectivity index (χ1n) is 13.4. The van der Waals surface area contributed by atoms with Crippen molar-refractivity contribution in [2.24, 2.45) is 0 Å². The van der Waals surface area contributed by atoms with Gasteiger partial charge in [-0.1, -0.05) is 26.0 Å². The molecule has 0 aliphatic carbocycles. The number of carbonyl (C=O) groups is 2. The number of rotatable bonds is 12. The number of fused-ring (bicyclic) bond motifs is 1. The monoisotopic (exact) mass is 565 g/mol. The summed E-state index contributed by atoms with van der Waals surface area (Å²) < 4.78 is 38.2. The average molecular weight is 566 g/mol. The number of benzene rings is 3. The Labute approximate surface area is 235 Å². The average Bonchev–Trinajstić information content (AvgIpc) is 2.94. The molecule has 0 unspecified atom stereocenters. The zero-order valence-electron chi connectivity index (χ0n) is 23.1. The molecule has 10 heteroatoms. The molecule has 0 atom stereocenters. The van der Waals surface area contributed by atoms with Crippen LogP contribution in [-0.4, -0.2) is 57.4 Å². The van der Waals surface area contributed by atoms with E-state index in [-0.39, 0.29) is 17.4 Å².